The van der Waals surface area contributed by atoms with Crippen molar-refractivity contribution >= 4 is 28.0 Å². The van der Waals surface area contributed by atoms with Gasteiger partial charge < -0.3 is 0 Å². The zero-order valence-electron chi connectivity index (χ0n) is 8.55. The number of nitrogens with zero attached hydrogens (tertiary/aromatic N) is 1. The molecule has 3 aromatic rings. The Morgan fingerprint density at radius 1 is 1.00 bits per heavy atom. The molecule has 16 heavy (non-hydrogen) atoms. The van der Waals surface area contributed by atoms with Crippen molar-refractivity contribution in [2.24, 2.45) is 0 Å². The number of fused-ring (bicyclic) bond motifs is 3. The highest BCUT2D eigenvalue weighted by molar-refractivity contribution is 6.06. The fourth-order valence-electron chi connectivity index (χ4n) is 1.95. The minimum Gasteiger partial charge on any atom is -0.298 e. The summed E-state index contributed by atoms with van der Waals surface area (Å²) in [6, 6.07) is 13.6. The van der Waals surface area contributed by atoms with E-state index in [0.717, 1.165) is 28.0 Å². The van der Waals surface area contributed by atoms with Crippen molar-refractivity contribution in [3.05, 3.63) is 54.2 Å². The molecule has 0 radical (unpaired) electrons. The van der Waals surface area contributed by atoms with Crippen LogP contribution in [0.1, 0.15) is 10.4 Å². The largest absolute Gasteiger partial charge is 0.298 e. The molecule has 0 amide bonds. The number of aromatic nitrogens is 1. The monoisotopic (exact) mass is 207 g/mol. The van der Waals surface area contributed by atoms with Gasteiger partial charge in [-0.25, -0.2) is 0 Å². The van der Waals surface area contributed by atoms with E-state index in [2.05, 4.69) is 4.98 Å². The van der Waals surface area contributed by atoms with Crippen LogP contribution in [-0.4, -0.2) is 11.3 Å². The molecule has 3 rings (SSSR count). The quantitative estimate of drug-likeness (QED) is 0.453. The van der Waals surface area contributed by atoms with Gasteiger partial charge in [-0.05, 0) is 23.6 Å². The molecule has 0 saturated carbocycles. The highest BCUT2D eigenvalue weighted by Crippen LogP contribution is 2.23. The molecule has 0 spiro atoms. The number of hydrogen-bond donors (Lipinski definition) is 0. The summed E-state index contributed by atoms with van der Waals surface area (Å²) in [5.41, 5.74) is 1.61. The molecule has 0 fully saturated rings. The number of rotatable bonds is 1. The van der Waals surface area contributed by atoms with Crippen molar-refractivity contribution in [3.8, 4) is 0 Å². The third kappa shape index (κ3) is 1.27. The van der Waals surface area contributed by atoms with Crippen LogP contribution in [0.4, 0.5) is 0 Å². The van der Waals surface area contributed by atoms with Gasteiger partial charge in [0, 0.05) is 22.5 Å². The summed E-state index contributed by atoms with van der Waals surface area (Å²) in [6.07, 6.45) is 2.72. The Morgan fingerprint density at radius 3 is 2.75 bits per heavy atom. The van der Waals surface area contributed by atoms with E-state index in [-0.39, 0.29) is 0 Å². The first kappa shape index (κ1) is 9.04. The van der Waals surface area contributed by atoms with E-state index in [4.69, 9.17) is 0 Å². The molecule has 2 aromatic carbocycles. The predicted octanol–water partition coefficient (Wildman–Crippen LogP) is 3.20. The lowest BCUT2D eigenvalue weighted by Crippen LogP contribution is -1.84. The molecule has 0 N–H and O–H groups in total. The minimum atomic E-state index is 0.686. The smallest absolute Gasteiger partial charge is 0.150 e. The second kappa shape index (κ2) is 3.42. The van der Waals surface area contributed by atoms with Crippen molar-refractivity contribution in [2.45, 2.75) is 0 Å². The van der Waals surface area contributed by atoms with Gasteiger partial charge in [-0.15, -0.1) is 0 Å². The first-order chi connectivity index (χ1) is 7.88. The molecule has 0 aliphatic carbocycles. The van der Waals surface area contributed by atoms with Gasteiger partial charge >= 0.3 is 0 Å². The Morgan fingerprint density at radius 2 is 1.88 bits per heavy atom. The van der Waals surface area contributed by atoms with Gasteiger partial charge in [0.15, 0.2) is 0 Å². The van der Waals surface area contributed by atoms with Crippen molar-refractivity contribution in [1.82, 2.24) is 4.98 Å². The molecule has 2 heteroatoms. The van der Waals surface area contributed by atoms with Gasteiger partial charge in [-0.3, -0.25) is 9.78 Å². The van der Waals surface area contributed by atoms with Crippen LogP contribution in [0.3, 0.4) is 0 Å². The topological polar surface area (TPSA) is 30.0 Å². The van der Waals surface area contributed by atoms with Crippen LogP contribution < -0.4 is 0 Å². The molecule has 0 saturated heterocycles. The molecule has 2 nitrogen and oxygen atoms in total. The summed E-state index contributed by atoms with van der Waals surface area (Å²) in [6.45, 7) is 0. The Hall–Kier alpha value is -2.22. The van der Waals surface area contributed by atoms with Crippen LogP contribution in [-0.2, 0) is 0 Å². The molecule has 0 unspecified atom stereocenters. The van der Waals surface area contributed by atoms with Crippen LogP contribution in [0.25, 0.3) is 21.7 Å². The summed E-state index contributed by atoms with van der Waals surface area (Å²) in [4.78, 5) is 15.1. The third-order valence-corrected chi connectivity index (χ3v) is 2.75. The van der Waals surface area contributed by atoms with Crippen molar-refractivity contribution < 1.29 is 4.79 Å². The summed E-state index contributed by atoms with van der Waals surface area (Å²) >= 11 is 0. The van der Waals surface area contributed by atoms with Crippen molar-refractivity contribution in [3.63, 3.8) is 0 Å². The lowest BCUT2D eigenvalue weighted by Gasteiger charge is -2.03. The number of carbonyl (C=O) groups excluding carboxylic acids is 1. The predicted molar refractivity (Wildman–Crippen MR) is 64.6 cm³/mol. The second-order valence-electron chi connectivity index (χ2n) is 3.74. The summed E-state index contributed by atoms with van der Waals surface area (Å²) in [5, 5.41) is 3.26. The van der Waals surface area contributed by atoms with E-state index in [1.54, 1.807) is 6.07 Å². The molecule has 0 aliphatic heterocycles. The van der Waals surface area contributed by atoms with E-state index in [0.29, 0.717) is 5.56 Å². The highest BCUT2D eigenvalue weighted by atomic mass is 16.1. The number of aldehydes is 1. The van der Waals surface area contributed by atoms with E-state index in [9.17, 15) is 4.79 Å². The van der Waals surface area contributed by atoms with Gasteiger partial charge in [0.25, 0.3) is 0 Å². The molecule has 76 valence electrons. The third-order valence-electron chi connectivity index (χ3n) is 2.75. The number of hydrogen-bond acceptors (Lipinski definition) is 2. The first-order valence-electron chi connectivity index (χ1n) is 5.11. The SMILES string of the molecule is O=Cc1ccc2ncc3ccccc3c2c1. The number of pyridine rings is 1. The van der Waals surface area contributed by atoms with Crippen LogP contribution in [0.5, 0.6) is 0 Å². The van der Waals surface area contributed by atoms with E-state index in [1.165, 1.54) is 0 Å². The van der Waals surface area contributed by atoms with Crippen LogP contribution in [0.15, 0.2) is 48.7 Å². The number of benzene rings is 2. The maximum absolute atomic E-state index is 10.8. The molecule has 0 atom stereocenters. The van der Waals surface area contributed by atoms with Crippen LogP contribution in [0, 0.1) is 0 Å². The van der Waals surface area contributed by atoms with E-state index < -0.39 is 0 Å². The molecular weight excluding hydrogens is 198 g/mol. The van der Waals surface area contributed by atoms with Gasteiger partial charge in [0.1, 0.15) is 6.29 Å². The number of carbonyl (C=O) groups is 1. The lowest BCUT2D eigenvalue weighted by molar-refractivity contribution is 0.112. The molecule has 0 aliphatic rings. The summed E-state index contributed by atoms with van der Waals surface area (Å²) in [7, 11) is 0. The Balaban J connectivity index is 2.52. The first-order valence-corrected chi connectivity index (χ1v) is 5.11. The summed E-state index contributed by atoms with van der Waals surface area (Å²) in [5.74, 6) is 0. The Kier molecular flexibility index (Phi) is 1.93. The normalized spacial score (nSPS) is 10.8. The second-order valence-corrected chi connectivity index (χ2v) is 3.74. The average Bonchev–Trinajstić information content (AvgIpc) is 2.38. The Labute approximate surface area is 92.5 Å². The van der Waals surface area contributed by atoms with E-state index >= 15 is 0 Å². The molecule has 0 bridgehead atoms. The van der Waals surface area contributed by atoms with Crippen molar-refractivity contribution in [2.75, 3.05) is 0 Å². The molecule has 1 heterocycles. The maximum atomic E-state index is 10.8. The standard InChI is InChI=1S/C14H9NO/c16-9-10-5-6-14-13(7-10)12-4-2-1-3-11(12)8-15-14/h1-9H. The average molecular weight is 207 g/mol. The van der Waals surface area contributed by atoms with Gasteiger partial charge in [0.2, 0.25) is 0 Å². The van der Waals surface area contributed by atoms with Gasteiger partial charge in [0.05, 0.1) is 5.52 Å². The fourth-order valence-corrected chi connectivity index (χ4v) is 1.95. The Bertz CT molecular complexity index is 688. The molecular formula is C14H9NO. The van der Waals surface area contributed by atoms with Crippen molar-refractivity contribution in [1.29, 1.82) is 0 Å². The zero-order valence-corrected chi connectivity index (χ0v) is 8.55. The summed E-state index contributed by atoms with van der Waals surface area (Å²) < 4.78 is 0. The minimum absolute atomic E-state index is 0.686. The molecule has 1 aromatic heterocycles. The maximum Gasteiger partial charge on any atom is 0.150 e. The zero-order chi connectivity index (χ0) is 11.0. The van der Waals surface area contributed by atoms with Crippen LogP contribution >= 0.6 is 0 Å². The fraction of sp³-hybridized carbons (Fsp3) is 0. The van der Waals surface area contributed by atoms with Crippen LogP contribution in [0.2, 0.25) is 0 Å². The van der Waals surface area contributed by atoms with E-state index in [1.807, 2.05) is 42.6 Å². The van der Waals surface area contributed by atoms with Gasteiger partial charge in [-0.1, -0.05) is 24.3 Å². The lowest BCUT2D eigenvalue weighted by atomic mass is 10.1. The van der Waals surface area contributed by atoms with Gasteiger partial charge in [-0.2, -0.15) is 0 Å². The highest BCUT2D eigenvalue weighted by Gasteiger charge is 2.01.